The fourth-order valence-corrected chi connectivity index (χ4v) is 1.41. The van der Waals surface area contributed by atoms with E-state index >= 15 is 0 Å². The van der Waals surface area contributed by atoms with Crippen molar-refractivity contribution in [2.75, 3.05) is 13.2 Å². The molecule has 1 aromatic rings. The second-order valence-corrected chi connectivity index (χ2v) is 4.13. The maximum atomic E-state index is 13.1. The molecule has 1 N–H and O–H groups in total. The Labute approximate surface area is 101 Å². The summed E-state index contributed by atoms with van der Waals surface area (Å²) in [6.07, 6.45) is -0.543. The van der Waals surface area contributed by atoms with E-state index in [1.807, 2.05) is 13.8 Å². The molecule has 0 heterocycles. The van der Waals surface area contributed by atoms with Crippen LogP contribution in [0.25, 0.3) is 0 Å². The second kappa shape index (κ2) is 6.57. The van der Waals surface area contributed by atoms with Crippen LogP contribution in [0.4, 0.5) is 4.39 Å². The molecule has 1 atom stereocenters. The number of aliphatic hydroxyl groups is 1. The van der Waals surface area contributed by atoms with Gasteiger partial charge in [-0.15, -0.1) is 0 Å². The summed E-state index contributed by atoms with van der Waals surface area (Å²) in [4.78, 5) is 0. The third kappa shape index (κ3) is 4.71. The quantitative estimate of drug-likeness (QED) is 0.779. The van der Waals surface area contributed by atoms with E-state index < -0.39 is 6.10 Å². The Morgan fingerprint density at radius 1 is 1.24 bits per heavy atom. The highest BCUT2D eigenvalue weighted by molar-refractivity contribution is 5.35. The topological polar surface area (TPSA) is 38.7 Å². The molecule has 1 aromatic carbocycles. The van der Waals surface area contributed by atoms with E-state index in [1.165, 1.54) is 18.2 Å². The second-order valence-electron chi connectivity index (χ2n) is 4.13. The Balaban J connectivity index is 2.59. The molecule has 0 fully saturated rings. The molecule has 1 rings (SSSR count). The third-order valence-corrected chi connectivity index (χ3v) is 2.22. The third-order valence-electron chi connectivity index (χ3n) is 2.22. The van der Waals surface area contributed by atoms with Crippen molar-refractivity contribution in [3.63, 3.8) is 0 Å². The van der Waals surface area contributed by atoms with Gasteiger partial charge in [0.2, 0.25) is 0 Å². The predicted molar refractivity (Wildman–Crippen MR) is 63.6 cm³/mol. The Morgan fingerprint density at radius 2 is 1.94 bits per heavy atom. The van der Waals surface area contributed by atoms with Crippen LogP contribution in [0.15, 0.2) is 18.2 Å². The van der Waals surface area contributed by atoms with Crippen molar-refractivity contribution in [2.24, 2.45) is 0 Å². The largest absolute Gasteiger partial charge is 0.491 e. The zero-order chi connectivity index (χ0) is 12.8. The van der Waals surface area contributed by atoms with Crippen LogP contribution in [-0.2, 0) is 4.74 Å². The number of ether oxygens (including phenoxy) is 2. The summed E-state index contributed by atoms with van der Waals surface area (Å²) < 4.78 is 23.8. The fraction of sp³-hybridized carbons (Fsp3) is 0.538. The monoisotopic (exact) mass is 242 g/mol. The lowest BCUT2D eigenvalue weighted by molar-refractivity contribution is 0.0543. The molecule has 0 radical (unpaired) electrons. The van der Waals surface area contributed by atoms with Gasteiger partial charge in [-0.2, -0.15) is 0 Å². The average Bonchev–Trinajstić information content (AvgIpc) is 2.23. The zero-order valence-electron chi connectivity index (χ0n) is 10.4. The predicted octanol–water partition coefficient (Wildman–Crippen LogP) is 2.68. The molecule has 0 aliphatic carbocycles. The van der Waals surface area contributed by atoms with Crippen LogP contribution in [0, 0.1) is 5.82 Å². The molecule has 0 spiro atoms. The molecule has 4 heteroatoms. The molecule has 96 valence electrons. The highest BCUT2D eigenvalue weighted by atomic mass is 19.1. The maximum absolute atomic E-state index is 13.1. The number of halogens is 1. The summed E-state index contributed by atoms with van der Waals surface area (Å²) >= 11 is 0. The molecule has 0 amide bonds. The molecule has 0 saturated heterocycles. The summed E-state index contributed by atoms with van der Waals surface area (Å²) in [5, 5.41) is 9.51. The number of benzene rings is 1. The van der Waals surface area contributed by atoms with Crippen LogP contribution >= 0.6 is 0 Å². The van der Waals surface area contributed by atoms with Gasteiger partial charge < -0.3 is 14.6 Å². The fourth-order valence-electron chi connectivity index (χ4n) is 1.41. The molecule has 3 nitrogen and oxygen atoms in total. The summed E-state index contributed by atoms with van der Waals surface area (Å²) in [5.41, 5.74) is 0.580. The first-order chi connectivity index (χ1) is 8.00. The molecule has 0 aliphatic rings. The van der Waals surface area contributed by atoms with Crippen LogP contribution < -0.4 is 4.74 Å². The van der Waals surface area contributed by atoms with E-state index in [1.54, 1.807) is 6.92 Å². The van der Waals surface area contributed by atoms with Crippen molar-refractivity contribution in [2.45, 2.75) is 33.0 Å². The summed E-state index contributed by atoms with van der Waals surface area (Å²) in [5.74, 6) is -0.0125. The molecule has 0 aromatic heterocycles. The lowest BCUT2D eigenvalue weighted by Gasteiger charge is -2.14. The van der Waals surface area contributed by atoms with Crippen LogP contribution in [0.5, 0.6) is 5.75 Å². The minimum Gasteiger partial charge on any atom is -0.491 e. The molecular weight excluding hydrogens is 223 g/mol. The van der Waals surface area contributed by atoms with Gasteiger partial charge in [-0.25, -0.2) is 4.39 Å². The summed E-state index contributed by atoms with van der Waals surface area (Å²) in [6, 6.07) is 4.11. The van der Waals surface area contributed by atoms with Gasteiger partial charge in [-0.05, 0) is 32.9 Å². The van der Waals surface area contributed by atoms with Gasteiger partial charge in [0.15, 0.2) is 0 Å². The number of aliphatic hydroxyl groups excluding tert-OH is 1. The molecule has 0 bridgehead atoms. The van der Waals surface area contributed by atoms with Crippen molar-refractivity contribution >= 4 is 0 Å². The number of hydrogen-bond acceptors (Lipinski definition) is 3. The van der Waals surface area contributed by atoms with Crippen LogP contribution in [0.1, 0.15) is 32.4 Å². The summed E-state index contributed by atoms with van der Waals surface area (Å²) in [6.45, 7) is 6.26. The van der Waals surface area contributed by atoms with Gasteiger partial charge in [0.05, 0.1) is 18.8 Å². The lowest BCUT2D eigenvalue weighted by Crippen LogP contribution is -2.12. The van der Waals surface area contributed by atoms with E-state index in [4.69, 9.17) is 9.47 Å². The summed E-state index contributed by atoms with van der Waals surface area (Å²) in [7, 11) is 0. The van der Waals surface area contributed by atoms with Crippen LogP contribution in [-0.4, -0.2) is 24.4 Å². The zero-order valence-corrected chi connectivity index (χ0v) is 10.4. The lowest BCUT2D eigenvalue weighted by atomic mass is 10.1. The Morgan fingerprint density at radius 3 is 2.53 bits per heavy atom. The smallest absolute Gasteiger partial charge is 0.128 e. The first-order valence-electron chi connectivity index (χ1n) is 5.72. The first kappa shape index (κ1) is 13.9. The normalized spacial score (nSPS) is 12.8. The SMILES string of the molecule is CC(C)OCCOc1cc(F)ccc1[C@H](C)O. The van der Waals surface area contributed by atoms with Crippen molar-refractivity contribution in [1.82, 2.24) is 0 Å². The van der Waals surface area contributed by atoms with Crippen LogP contribution in [0.3, 0.4) is 0 Å². The van der Waals surface area contributed by atoms with Crippen molar-refractivity contribution < 1.29 is 19.0 Å². The first-order valence-corrected chi connectivity index (χ1v) is 5.72. The maximum Gasteiger partial charge on any atom is 0.128 e. The molecule has 17 heavy (non-hydrogen) atoms. The molecule has 0 saturated carbocycles. The van der Waals surface area contributed by atoms with Gasteiger partial charge >= 0.3 is 0 Å². The van der Waals surface area contributed by atoms with Gasteiger partial charge in [-0.3, -0.25) is 0 Å². The van der Waals surface area contributed by atoms with E-state index in [0.29, 0.717) is 24.5 Å². The minimum absolute atomic E-state index is 0.141. The van der Waals surface area contributed by atoms with Crippen molar-refractivity contribution in [1.29, 1.82) is 0 Å². The van der Waals surface area contributed by atoms with E-state index in [2.05, 4.69) is 0 Å². The molecule has 0 aliphatic heterocycles. The standard InChI is InChI=1S/C13H19FO3/c1-9(2)16-6-7-17-13-8-11(14)4-5-12(13)10(3)15/h4-5,8-10,15H,6-7H2,1-3H3/t10-/m0/s1. The highest BCUT2D eigenvalue weighted by Gasteiger charge is 2.10. The number of hydrogen-bond donors (Lipinski definition) is 1. The van der Waals surface area contributed by atoms with E-state index in [9.17, 15) is 9.50 Å². The van der Waals surface area contributed by atoms with Crippen molar-refractivity contribution in [3.8, 4) is 5.75 Å². The van der Waals surface area contributed by atoms with Crippen molar-refractivity contribution in [3.05, 3.63) is 29.6 Å². The Bertz CT molecular complexity index is 351. The van der Waals surface area contributed by atoms with Gasteiger partial charge in [-0.1, -0.05) is 0 Å². The average molecular weight is 242 g/mol. The molecule has 0 unspecified atom stereocenters. The van der Waals surface area contributed by atoms with Gasteiger partial charge in [0.1, 0.15) is 18.2 Å². The van der Waals surface area contributed by atoms with Gasteiger partial charge in [0, 0.05) is 11.6 Å². The van der Waals surface area contributed by atoms with E-state index in [0.717, 1.165) is 0 Å². The molecular formula is C13H19FO3. The number of rotatable bonds is 6. The van der Waals surface area contributed by atoms with Gasteiger partial charge in [0.25, 0.3) is 0 Å². The van der Waals surface area contributed by atoms with Crippen LogP contribution in [0.2, 0.25) is 0 Å². The highest BCUT2D eigenvalue weighted by Crippen LogP contribution is 2.25. The van der Waals surface area contributed by atoms with E-state index in [-0.39, 0.29) is 11.9 Å². The minimum atomic E-state index is -0.684. The Kier molecular flexibility index (Phi) is 5.38. The Hall–Kier alpha value is -1.13.